The minimum absolute atomic E-state index is 0.246. The lowest BCUT2D eigenvalue weighted by molar-refractivity contribution is -0.131. The third kappa shape index (κ3) is 2.74. The van der Waals surface area contributed by atoms with E-state index in [1.807, 2.05) is 6.92 Å². The van der Waals surface area contributed by atoms with E-state index in [0.717, 1.165) is 18.6 Å². The number of aliphatic carboxylic acids is 1. The molecule has 2 unspecified atom stereocenters. The van der Waals surface area contributed by atoms with Crippen molar-refractivity contribution in [3.63, 3.8) is 0 Å². The summed E-state index contributed by atoms with van der Waals surface area (Å²) in [6.07, 6.45) is 2.86. The Labute approximate surface area is 70.3 Å². The van der Waals surface area contributed by atoms with E-state index in [1.165, 1.54) is 0 Å². The minimum atomic E-state index is -1.10. The fourth-order valence-electron chi connectivity index (χ4n) is 0.901. The molecule has 0 aromatic rings. The number of rotatable bonds is 3. The molecular weight excluding hydrogens is 158 g/mol. The summed E-state index contributed by atoms with van der Waals surface area (Å²) < 4.78 is 0. The van der Waals surface area contributed by atoms with Crippen LogP contribution in [0.15, 0.2) is 12.2 Å². The summed E-state index contributed by atoms with van der Waals surface area (Å²) in [5, 5.41) is 10.9. The predicted molar refractivity (Wildman–Crippen MR) is 42.5 cm³/mol. The molecule has 0 radical (unpaired) electrons. The van der Waals surface area contributed by atoms with Gasteiger partial charge in [0.1, 0.15) is 0 Å². The van der Waals surface area contributed by atoms with Crippen LogP contribution < -0.4 is 5.32 Å². The van der Waals surface area contributed by atoms with Crippen molar-refractivity contribution in [2.45, 2.75) is 19.4 Å². The SMILES string of the molecule is CC1CC1NC(=O)/C=C\C(=O)O. The monoisotopic (exact) mass is 169 g/mol. The second-order valence-electron chi connectivity index (χ2n) is 3.00. The number of nitrogens with one attached hydrogen (secondary N) is 1. The Morgan fingerprint density at radius 2 is 2.08 bits per heavy atom. The molecule has 4 nitrogen and oxygen atoms in total. The van der Waals surface area contributed by atoms with Gasteiger partial charge in [0.05, 0.1) is 0 Å². The van der Waals surface area contributed by atoms with Crippen molar-refractivity contribution in [2.24, 2.45) is 5.92 Å². The average Bonchev–Trinajstić information content (AvgIpc) is 2.62. The normalized spacial score (nSPS) is 27.1. The number of carboxylic acids is 1. The summed E-state index contributed by atoms with van der Waals surface area (Å²) in [4.78, 5) is 20.9. The maximum absolute atomic E-state index is 10.9. The van der Waals surface area contributed by atoms with Gasteiger partial charge in [-0.3, -0.25) is 4.79 Å². The van der Waals surface area contributed by atoms with E-state index >= 15 is 0 Å². The van der Waals surface area contributed by atoms with Crippen molar-refractivity contribution >= 4 is 11.9 Å². The molecule has 1 rings (SSSR count). The van der Waals surface area contributed by atoms with Gasteiger partial charge in [-0.05, 0) is 12.3 Å². The Morgan fingerprint density at radius 3 is 2.50 bits per heavy atom. The van der Waals surface area contributed by atoms with Crippen LogP contribution in [0, 0.1) is 5.92 Å². The fourth-order valence-corrected chi connectivity index (χ4v) is 0.901. The smallest absolute Gasteiger partial charge is 0.328 e. The van der Waals surface area contributed by atoms with Crippen LogP contribution in [0.5, 0.6) is 0 Å². The molecule has 0 heterocycles. The van der Waals surface area contributed by atoms with Gasteiger partial charge in [-0.2, -0.15) is 0 Å². The Kier molecular flexibility index (Phi) is 2.47. The first-order chi connectivity index (χ1) is 5.59. The van der Waals surface area contributed by atoms with Gasteiger partial charge in [-0.15, -0.1) is 0 Å². The molecule has 0 aromatic heterocycles. The molecular formula is C8H11NO3. The van der Waals surface area contributed by atoms with E-state index in [9.17, 15) is 9.59 Å². The van der Waals surface area contributed by atoms with Gasteiger partial charge in [0.15, 0.2) is 0 Å². The van der Waals surface area contributed by atoms with Crippen LogP contribution in [0.3, 0.4) is 0 Å². The van der Waals surface area contributed by atoms with Gasteiger partial charge < -0.3 is 10.4 Å². The molecule has 1 aliphatic rings. The molecule has 0 bridgehead atoms. The Hall–Kier alpha value is -1.32. The zero-order chi connectivity index (χ0) is 9.14. The van der Waals surface area contributed by atoms with Crippen molar-refractivity contribution in [3.05, 3.63) is 12.2 Å². The second-order valence-corrected chi connectivity index (χ2v) is 3.00. The number of carbonyl (C=O) groups excluding carboxylic acids is 1. The molecule has 2 atom stereocenters. The van der Waals surface area contributed by atoms with Crippen LogP contribution in [0.4, 0.5) is 0 Å². The van der Waals surface area contributed by atoms with Crippen molar-refractivity contribution in [1.82, 2.24) is 5.32 Å². The first-order valence-corrected chi connectivity index (χ1v) is 3.81. The highest BCUT2D eigenvalue weighted by molar-refractivity contribution is 5.94. The molecule has 1 fully saturated rings. The zero-order valence-electron chi connectivity index (χ0n) is 6.78. The first-order valence-electron chi connectivity index (χ1n) is 3.81. The third-order valence-corrected chi connectivity index (χ3v) is 1.81. The number of carbonyl (C=O) groups is 2. The lowest BCUT2D eigenvalue weighted by Gasteiger charge is -1.96. The number of carboxylic acid groups (broad SMARTS) is 1. The van der Waals surface area contributed by atoms with Gasteiger partial charge in [-0.1, -0.05) is 6.92 Å². The molecule has 1 amide bonds. The van der Waals surface area contributed by atoms with E-state index in [1.54, 1.807) is 0 Å². The Morgan fingerprint density at radius 1 is 1.50 bits per heavy atom. The topological polar surface area (TPSA) is 66.4 Å². The van der Waals surface area contributed by atoms with Crippen molar-refractivity contribution in [3.8, 4) is 0 Å². The summed E-state index contributed by atoms with van der Waals surface area (Å²) in [6.45, 7) is 2.03. The van der Waals surface area contributed by atoms with E-state index in [4.69, 9.17) is 5.11 Å². The minimum Gasteiger partial charge on any atom is -0.478 e. The number of hydrogen-bond donors (Lipinski definition) is 2. The first kappa shape index (κ1) is 8.77. The zero-order valence-corrected chi connectivity index (χ0v) is 6.78. The van der Waals surface area contributed by atoms with Gasteiger partial charge >= 0.3 is 5.97 Å². The van der Waals surface area contributed by atoms with Crippen LogP contribution in [0.2, 0.25) is 0 Å². The Balaban J connectivity index is 2.25. The fraction of sp³-hybridized carbons (Fsp3) is 0.500. The Bertz CT molecular complexity index is 234. The quantitative estimate of drug-likeness (QED) is 0.591. The molecule has 2 N–H and O–H groups in total. The van der Waals surface area contributed by atoms with Crippen LogP contribution in [0.25, 0.3) is 0 Å². The molecule has 0 saturated heterocycles. The summed E-state index contributed by atoms with van der Waals surface area (Å²) >= 11 is 0. The van der Waals surface area contributed by atoms with Crippen molar-refractivity contribution < 1.29 is 14.7 Å². The molecule has 0 aliphatic heterocycles. The summed E-state index contributed by atoms with van der Waals surface area (Å²) in [5.41, 5.74) is 0. The lowest BCUT2D eigenvalue weighted by atomic mass is 10.4. The average molecular weight is 169 g/mol. The molecule has 1 saturated carbocycles. The highest BCUT2D eigenvalue weighted by atomic mass is 16.4. The summed E-state index contributed by atoms with van der Waals surface area (Å²) in [6, 6.07) is 0.246. The second kappa shape index (κ2) is 3.38. The van der Waals surface area contributed by atoms with Gasteiger partial charge in [-0.25, -0.2) is 4.79 Å². The van der Waals surface area contributed by atoms with Crippen LogP contribution >= 0.6 is 0 Å². The van der Waals surface area contributed by atoms with Crippen molar-refractivity contribution in [1.29, 1.82) is 0 Å². The highest BCUT2D eigenvalue weighted by Crippen LogP contribution is 2.28. The molecule has 0 spiro atoms. The van der Waals surface area contributed by atoms with E-state index in [0.29, 0.717) is 5.92 Å². The summed E-state index contributed by atoms with van der Waals surface area (Å²) in [5.74, 6) is -0.895. The summed E-state index contributed by atoms with van der Waals surface area (Å²) in [7, 11) is 0. The predicted octanol–water partition coefficient (Wildman–Crippen LogP) is 0.152. The number of amides is 1. The molecule has 4 heteroatoms. The van der Waals surface area contributed by atoms with Gasteiger partial charge in [0.2, 0.25) is 5.91 Å². The maximum Gasteiger partial charge on any atom is 0.328 e. The molecule has 66 valence electrons. The van der Waals surface area contributed by atoms with Crippen LogP contribution in [-0.4, -0.2) is 23.0 Å². The third-order valence-electron chi connectivity index (χ3n) is 1.81. The van der Waals surface area contributed by atoms with Crippen LogP contribution in [0.1, 0.15) is 13.3 Å². The largest absolute Gasteiger partial charge is 0.478 e. The van der Waals surface area contributed by atoms with E-state index in [-0.39, 0.29) is 11.9 Å². The van der Waals surface area contributed by atoms with Crippen LogP contribution in [-0.2, 0) is 9.59 Å². The lowest BCUT2D eigenvalue weighted by Crippen LogP contribution is -2.24. The molecule has 0 aromatic carbocycles. The van der Waals surface area contributed by atoms with Crippen molar-refractivity contribution in [2.75, 3.05) is 0 Å². The standard InChI is InChI=1S/C8H11NO3/c1-5-4-6(5)9-7(10)2-3-8(11)12/h2-3,5-6H,4H2,1H3,(H,9,10)(H,11,12)/b3-2-. The van der Waals surface area contributed by atoms with Gasteiger partial charge in [0, 0.05) is 18.2 Å². The van der Waals surface area contributed by atoms with E-state index in [2.05, 4.69) is 5.32 Å². The van der Waals surface area contributed by atoms with E-state index < -0.39 is 5.97 Å². The maximum atomic E-state index is 10.9. The van der Waals surface area contributed by atoms with Gasteiger partial charge in [0.25, 0.3) is 0 Å². The highest BCUT2D eigenvalue weighted by Gasteiger charge is 2.33. The number of hydrogen-bond acceptors (Lipinski definition) is 2. The molecule has 12 heavy (non-hydrogen) atoms. The molecule has 1 aliphatic carbocycles.